The Morgan fingerprint density at radius 1 is 1.26 bits per heavy atom. The van der Waals surface area contributed by atoms with Gasteiger partial charge in [0, 0.05) is 19.5 Å². The number of fused-ring (bicyclic) bond motifs is 4. The Hall–Kier alpha value is -2.65. The molecule has 2 fully saturated rings. The summed E-state index contributed by atoms with van der Waals surface area (Å²) in [5.74, 6) is -0.209. The van der Waals surface area contributed by atoms with Crippen LogP contribution in [-0.4, -0.2) is 43.1 Å². The topological polar surface area (TPSA) is 103 Å². The van der Waals surface area contributed by atoms with Gasteiger partial charge >= 0.3 is 11.4 Å². The highest BCUT2D eigenvalue weighted by Gasteiger charge is 2.61. The minimum absolute atomic E-state index is 0.209. The van der Waals surface area contributed by atoms with Crippen molar-refractivity contribution in [2.45, 2.75) is 43.9 Å². The molecule has 0 bridgehead atoms. The summed E-state index contributed by atoms with van der Waals surface area (Å²) in [7, 11) is 1.45. The van der Waals surface area contributed by atoms with Crippen LogP contribution in [0.15, 0.2) is 45.1 Å². The molecule has 27 heavy (non-hydrogen) atoms. The summed E-state index contributed by atoms with van der Waals surface area (Å²) in [5, 5.41) is 15.0. The fourth-order valence-corrected chi connectivity index (χ4v) is 4.31. The first kappa shape index (κ1) is 16.5. The molecule has 5 rings (SSSR count). The summed E-state index contributed by atoms with van der Waals surface area (Å²) in [6.07, 6.45) is -0.974. The highest BCUT2D eigenvalue weighted by molar-refractivity contribution is 5.94. The molecule has 2 aliphatic heterocycles. The van der Waals surface area contributed by atoms with Crippen molar-refractivity contribution >= 4 is 5.71 Å². The maximum atomic E-state index is 12.5. The molecule has 1 saturated carbocycles. The number of benzene rings is 1. The second-order valence-electron chi connectivity index (χ2n) is 7.26. The third-order valence-corrected chi connectivity index (χ3v) is 5.72. The first-order chi connectivity index (χ1) is 13.1. The van der Waals surface area contributed by atoms with Gasteiger partial charge in [-0.15, -0.1) is 0 Å². The quantitative estimate of drug-likeness (QED) is 0.585. The molecule has 0 amide bonds. The minimum Gasteiger partial charge on any atom is -0.391 e. The van der Waals surface area contributed by atoms with Crippen molar-refractivity contribution < 1.29 is 14.7 Å². The van der Waals surface area contributed by atoms with Crippen LogP contribution in [0.2, 0.25) is 0 Å². The first-order valence-corrected chi connectivity index (χ1v) is 9.03. The van der Waals surface area contributed by atoms with E-state index in [4.69, 9.17) is 9.57 Å². The number of hydrogen-bond donors (Lipinski definition) is 1. The second-order valence-corrected chi connectivity index (χ2v) is 7.26. The molecule has 5 atom stereocenters. The Labute approximate surface area is 154 Å². The van der Waals surface area contributed by atoms with Gasteiger partial charge in [0.25, 0.3) is 0 Å². The lowest BCUT2D eigenvalue weighted by Crippen LogP contribution is -2.52. The van der Waals surface area contributed by atoms with Crippen molar-refractivity contribution in [1.29, 1.82) is 0 Å². The predicted molar refractivity (Wildman–Crippen MR) is 94.4 cm³/mol. The summed E-state index contributed by atoms with van der Waals surface area (Å²) in [6, 6.07) is 9.12. The number of epoxide rings is 1. The van der Waals surface area contributed by atoms with Gasteiger partial charge in [0.1, 0.15) is 24.9 Å². The molecule has 1 saturated heterocycles. The number of aliphatic hydroxyl groups excluding tert-OH is 1. The van der Waals surface area contributed by atoms with Crippen molar-refractivity contribution in [2.24, 2.45) is 18.1 Å². The molecule has 9 heteroatoms. The predicted octanol–water partition coefficient (Wildman–Crippen LogP) is -0.376. The van der Waals surface area contributed by atoms with Gasteiger partial charge < -0.3 is 14.7 Å². The molecule has 3 aliphatic rings. The van der Waals surface area contributed by atoms with Crippen molar-refractivity contribution in [1.82, 2.24) is 13.9 Å². The van der Waals surface area contributed by atoms with Crippen LogP contribution in [0.25, 0.3) is 0 Å². The van der Waals surface area contributed by atoms with E-state index in [0.29, 0.717) is 25.3 Å². The number of oxime groups is 1. The van der Waals surface area contributed by atoms with Gasteiger partial charge in [0.15, 0.2) is 0 Å². The molecule has 2 aromatic rings. The van der Waals surface area contributed by atoms with Crippen LogP contribution in [-0.2, 0) is 29.8 Å². The third kappa shape index (κ3) is 2.42. The van der Waals surface area contributed by atoms with Gasteiger partial charge in [-0.2, -0.15) is 0 Å². The number of aliphatic hydroxyl groups is 1. The lowest BCUT2D eigenvalue weighted by atomic mass is 9.78. The van der Waals surface area contributed by atoms with E-state index < -0.39 is 23.9 Å². The zero-order valence-corrected chi connectivity index (χ0v) is 14.8. The SMILES string of the molecule is Cn1c(=O)n2n(c1=O)[C@H]1[C@H](O)[C@@H]3O[C@@H]3C(=NOCc3ccccc3)[C@H]1CC2. The van der Waals surface area contributed by atoms with E-state index in [1.165, 1.54) is 16.4 Å². The highest BCUT2D eigenvalue weighted by Crippen LogP contribution is 2.46. The van der Waals surface area contributed by atoms with Gasteiger partial charge in [-0.1, -0.05) is 35.5 Å². The zero-order chi connectivity index (χ0) is 18.7. The Morgan fingerprint density at radius 2 is 2.04 bits per heavy atom. The van der Waals surface area contributed by atoms with E-state index in [1.807, 2.05) is 30.3 Å². The first-order valence-electron chi connectivity index (χ1n) is 9.03. The van der Waals surface area contributed by atoms with E-state index in [2.05, 4.69) is 5.16 Å². The van der Waals surface area contributed by atoms with Crippen molar-refractivity contribution in [3.05, 3.63) is 56.9 Å². The van der Waals surface area contributed by atoms with Gasteiger partial charge in [-0.25, -0.2) is 23.5 Å². The summed E-state index contributed by atoms with van der Waals surface area (Å²) in [4.78, 5) is 30.4. The van der Waals surface area contributed by atoms with Crippen LogP contribution >= 0.6 is 0 Å². The lowest BCUT2D eigenvalue weighted by Gasteiger charge is -2.38. The second kappa shape index (κ2) is 5.93. The van der Waals surface area contributed by atoms with Crippen LogP contribution in [0.3, 0.4) is 0 Å². The smallest absolute Gasteiger partial charge is 0.347 e. The van der Waals surface area contributed by atoms with Gasteiger partial charge in [-0.3, -0.25) is 0 Å². The van der Waals surface area contributed by atoms with Crippen molar-refractivity contribution in [3.8, 4) is 0 Å². The molecule has 3 heterocycles. The Kier molecular flexibility index (Phi) is 3.63. The van der Waals surface area contributed by atoms with E-state index in [1.54, 1.807) is 0 Å². The van der Waals surface area contributed by atoms with Crippen LogP contribution in [0.4, 0.5) is 0 Å². The Morgan fingerprint density at radius 3 is 2.81 bits per heavy atom. The standard InChI is InChI=1S/C18H20N4O5/c1-20-17(24)21-8-7-11-12(19-26-9-10-5-3-2-4-6-10)15-16(27-15)14(23)13(11)22(21)18(20)25/h2-6,11,13-16,23H,7-9H2,1H3/t11-,13-,14+,15-,16+/m1/s1. The number of aromatic nitrogens is 3. The average Bonchev–Trinajstić information content (AvgIpc) is 3.46. The summed E-state index contributed by atoms with van der Waals surface area (Å²) in [5.41, 5.74) is 0.903. The molecule has 0 unspecified atom stereocenters. The molecule has 0 radical (unpaired) electrons. The van der Waals surface area contributed by atoms with E-state index >= 15 is 0 Å². The van der Waals surface area contributed by atoms with Gasteiger partial charge in [0.2, 0.25) is 0 Å². The molecule has 9 nitrogen and oxygen atoms in total. The normalized spacial score (nSPS) is 32.5. The average molecular weight is 372 g/mol. The summed E-state index contributed by atoms with van der Waals surface area (Å²) in [6.45, 7) is 0.718. The Balaban J connectivity index is 1.47. The lowest BCUT2D eigenvalue weighted by molar-refractivity contribution is 0.0320. The molecular formula is C18H20N4O5. The van der Waals surface area contributed by atoms with Crippen LogP contribution in [0, 0.1) is 5.92 Å². The van der Waals surface area contributed by atoms with Crippen LogP contribution < -0.4 is 11.4 Å². The van der Waals surface area contributed by atoms with E-state index in [0.717, 1.165) is 10.1 Å². The van der Waals surface area contributed by atoms with E-state index in [-0.39, 0.29) is 17.7 Å². The van der Waals surface area contributed by atoms with Gasteiger partial charge in [-0.05, 0) is 12.0 Å². The monoisotopic (exact) mass is 372 g/mol. The van der Waals surface area contributed by atoms with Gasteiger partial charge in [0.05, 0.1) is 11.8 Å². The Bertz CT molecular complexity index is 1020. The molecule has 1 aromatic carbocycles. The zero-order valence-electron chi connectivity index (χ0n) is 14.8. The molecule has 1 aliphatic carbocycles. The molecular weight excluding hydrogens is 352 g/mol. The van der Waals surface area contributed by atoms with E-state index in [9.17, 15) is 14.7 Å². The molecule has 0 spiro atoms. The molecule has 1 N–H and O–H groups in total. The van der Waals surface area contributed by atoms with Crippen LogP contribution in [0.5, 0.6) is 0 Å². The molecule has 1 aromatic heterocycles. The summed E-state index contributed by atoms with van der Waals surface area (Å²) >= 11 is 0. The largest absolute Gasteiger partial charge is 0.391 e. The van der Waals surface area contributed by atoms with Crippen molar-refractivity contribution in [2.75, 3.05) is 0 Å². The number of rotatable bonds is 3. The van der Waals surface area contributed by atoms with Crippen LogP contribution in [0.1, 0.15) is 18.0 Å². The number of ether oxygens (including phenoxy) is 1. The summed E-state index contributed by atoms with van der Waals surface area (Å²) < 4.78 is 9.45. The maximum absolute atomic E-state index is 12.5. The fraction of sp³-hybridized carbons (Fsp3) is 0.500. The minimum atomic E-state index is -0.862. The number of hydrogen-bond acceptors (Lipinski definition) is 6. The fourth-order valence-electron chi connectivity index (χ4n) is 4.31. The highest BCUT2D eigenvalue weighted by atomic mass is 16.6. The van der Waals surface area contributed by atoms with Crippen molar-refractivity contribution in [3.63, 3.8) is 0 Å². The maximum Gasteiger partial charge on any atom is 0.347 e. The number of nitrogens with zero attached hydrogens (tertiary/aromatic N) is 4. The third-order valence-electron chi connectivity index (χ3n) is 5.72. The molecule has 142 valence electrons.